The standard InChI is InChI=1S/C26H27ClF2N4O3/c1-14(2)10-20(32(3)23(34)16-8-9-18(27)22(29)21(16)28)24(35)33-13-26(11-15(33)12-30)17-6-4-5-7-19(17)31-25(26)36/h4-9,14-15,20,23,34H,10-11,13H2,1-3H3,(H,31,36)/t15-,20-,23?,26-/m0/s1. The van der Waals surface area contributed by atoms with Gasteiger partial charge in [0.2, 0.25) is 11.8 Å². The predicted octanol–water partition coefficient (Wildman–Crippen LogP) is 3.97. The van der Waals surface area contributed by atoms with E-state index >= 15 is 0 Å². The lowest BCUT2D eigenvalue weighted by molar-refractivity contribution is -0.142. The molecular weight excluding hydrogens is 490 g/mol. The molecule has 4 atom stereocenters. The van der Waals surface area contributed by atoms with Crippen molar-refractivity contribution in [3.8, 4) is 6.07 Å². The molecule has 1 saturated heterocycles. The number of benzene rings is 2. The highest BCUT2D eigenvalue weighted by Gasteiger charge is 2.56. The molecule has 1 unspecified atom stereocenters. The molecule has 190 valence electrons. The Hall–Kier alpha value is -3.06. The van der Waals surface area contributed by atoms with Crippen molar-refractivity contribution in [3.63, 3.8) is 0 Å². The van der Waals surface area contributed by atoms with Crippen molar-refractivity contribution in [2.24, 2.45) is 5.92 Å². The molecule has 0 saturated carbocycles. The van der Waals surface area contributed by atoms with Gasteiger partial charge < -0.3 is 15.3 Å². The number of nitrogens with zero attached hydrogens (tertiary/aromatic N) is 3. The number of anilines is 1. The number of halogens is 3. The molecule has 1 spiro atoms. The average molecular weight is 517 g/mol. The maximum Gasteiger partial charge on any atom is 0.241 e. The van der Waals surface area contributed by atoms with Gasteiger partial charge >= 0.3 is 0 Å². The Kier molecular flexibility index (Phi) is 7.06. The number of nitrogens with one attached hydrogen (secondary N) is 1. The van der Waals surface area contributed by atoms with E-state index in [9.17, 15) is 28.7 Å². The van der Waals surface area contributed by atoms with Gasteiger partial charge in [-0.05, 0) is 37.1 Å². The Labute approximate surface area is 213 Å². The van der Waals surface area contributed by atoms with Gasteiger partial charge in [-0.15, -0.1) is 0 Å². The number of rotatable bonds is 6. The molecule has 0 radical (unpaired) electrons. The highest BCUT2D eigenvalue weighted by molar-refractivity contribution is 6.30. The van der Waals surface area contributed by atoms with Gasteiger partial charge in [0, 0.05) is 24.2 Å². The first-order valence-corrected chi connectivity index (χ1v) is 12.0. The van der Waals surface area contributed by atoms with Gasteiger partial charge in [-0.2, -0.15) is 5.26 Å². The quantitative estimate of drug-likeness (QED) is 0.447. The van der Waals surface area contributed by atoms with E-state index in [1.54, 1.807) is 18.2 Å². The van der Waals surface area contributed by atoms with Gasteiger partial charge in [0.05, 0.1) is 22.5 Å². The fourth-order valence-electron chi connectivity index (χ4n) is 5.20. The molecule has 10 heteroatoms. The minimum absolute atomic E-state index is 0.00459. The van der Waals surface area contributed by atoms with Crippen LogP contribution in [0.2, 0.25) is 5.02 Å². The molecule has 2 aliphatic heterocycles. The van der Waals surface area contributed by atoms with E-state index in [0.717, 1.165) is 11.6 Å². The summed E-state index contributed by atoms with van der Waals surface area (Å²) in [5, 5.41) is 23.3. The smallest absolute Gasteiger partial charge is 0.241 e. The van der Waals surface area contributed by atoms with Crippen molar-refractivity contribution in [1.29, 1.82) is 5.26 Å². The van der Waals surface area contributed by atoms with Crippen molar-refractivity contribution in [2.45, 2.75) is 50.4 Å². The second kappa shape index (κ2) is 9.77. The second-order valence-electron chi connectivity index (χ2n) is 9.85. The Morgan fingerprint density at radius 2 is 2.00 bits per heavy atom. The highest BCUT2D eigenvalue weighted by atomic mass is 35.5. The number of nitriles is 1. The number of carbonyl (C=O) groups is 2. The molecule has 0 bridgehead atoms. The first-order chi connectivity index (χ1) is 17.0. The van der Waals surface area contributed by atoms with Gasteiger partial charge in [0.1, 0.15) is 12.3 Å². The lowest BCUT2D eigenvalue weighted by Gasteiger charge is -2.36. The van der Waals surface area contributed by atoms with Crippen LogP contribution in [-0.2, 0) is 15.0 Å². The lowest BCUT2D eigenvalue weighted by atomic mass is 9.80. The van der Waals surface area contributed by atoms with Crippen LogP contribution < -0.4 is 5.32 Å². The summed E-state index contributed by atoms with van der Waals surface area (Å²) in [5.41, 5.74) is -0.0321. The minimum Gasteiger partial charge on any atom is -0.374 e. The Morgan fingerprint density at radius 3 is 2.67 bits per heavy atom. The topological polar surface area (TPSA) is 96.7 Å². The zero-order valence-electron chi connectivity index (χ0n) is 20.1. The number of amides is 2. The van der Waals surface area contributed by atoms with Crippen molar-refractivity contribution in [3.05, 3.63) is 64.2 Å². The van der Waals surface area contributed by atoms with Gasteiger partial charge in [-0.3, -0.25) is 14.5 Å². The number of para-hydroxylation sites is 1. The maximum absolute atomic E-state index is 14.6. The van der Waals surface area contributed by atoms with E-state index in [4.69, 9.17) is 11.6 Å². The van der Waals surface area contributed by atoms with Crippen LogP contribution in [0.15, 0.2) is 36.4 Å². The van der Waals surface area contributed by atoms with Crippen LogP contribution in [0.3, 0.4) is 0 Å². The molecule has 4 rings (SSSR count). The van der Waals surface area contributed by atoms with E-state index < -0.39 is 46.3 Å². The van der Waals surface area contributed by atoms with E-state index in [0.29, 0.717) is 5.69 Å². The number of likely N-dealkylation sites (N-methyl/N-ethyl adjacent to an activating group) is 1. The third-order valence-electron chi connectivity index (χ3n) is 7.12. The van der Waals surface area contributed by atoms with E-state index in [1.807, 2.05) is 19.9 Å². The van der Waals surface area contributed by atoms with Crippen LogP contribution >= 0.6 is 11.6 Å². The molecule has 2 heterocycles. The van der Waals surface area contributed by atoms with Gasteiger partial charge in [-0.25, -0.2) is 8.78 Å². The van der Waals surface area contributed by atoms with Crippen LogP contribution in [0.5, 0.6) is 0 Å². The molecule has 36 heavy (non-hydrogen) atoms. The largest absolute Gasteiger partial charge is 0.374 e. The van der Waals surface area contributed by atoms with Gasteiger partial charge in [0.25, 0.3) is 0 Å². The van der Waals surface area contributed by atoms with Crippen molar-refractivity contribution in [1.82, 2.24) is 9.80 Å². The summed E-state index contributed by atoms with van der Waals surface area (Å²) >= 11 is 5.64. The van der Waals surface area contributed by atoms with E-state index in [-0.39, 0.29) is 36.8 Å². The van der Waals surface area contributed by atoms with Crippen LogP contribution in [0, 0.1) is 28.9 Å². The van der Waals surface area contributed by atoms with E-state index in [1.165, 1.54) is 22.9 Å². The SMILES string of the molecule is CC(C)C[C@@H](C(=O)N1C[C@]2(C[C@H]1C#N)C(=O)Nc1ccccc12)N(C)C(O)c1ccc(Cl)c(F)c1F. The fourth-order valence-corrected chi connectivity index (χ4v) is 5.34. The summed E-state index contributed by atoms with van der Waals surface area (Å²) in [6.45, 7) is 3.77. The monoisotopic (exact) mass is 516 g/mol. The molecule has 2 amide bonds. The minimum atomic E-state index is -1.66. The van der Waals surface area contributed by atoms with E-state index in [2.05, 4.69) is 11.4 Å². The predicted molar refractivity (Wildman–Crippen MR) is 130 cm³/mol. The highest BCUT2D eigenvalue weighted by Crippen LogP contribution is 2.46. The molecule has 0 aliphatic carbocycles. The van der Waals surface area contributed by atoms with Crippen molar-refractivity contribution < 1.29 is 23.5 Å². The number of carbonyl (C=O) groups excluding carboxylic acids is 2. The number of hydrogen-bond acceptors (Lipinski definition) is 5. The average Bonchev–Trinajstić information content (AvgIpc) is 3.38. The van der Waals surface area contributed by atoms with Crippen molar-refractivity contribution in [2.75, 3.05) is 18.9 Å². The van der Waals surface area contributed by atoms with Gasteiger partial charge in [0.15, 0.2) is 11.6 Å². The summed E-state index contributed by atoms with van der Waals surface area (Å²) in [6, 6.07) is 9.80. The summed E-state index contributed by atoms with van der Waals surface area (Å²) in [6.07, 6.45) is -1.25. The summed E-state index contributed by atoms with van der Waals surface area (Å²) in [5.74, 6) is -3.34. The molecule has 2 aliphatic rings. The normalized spacial score (nSPS) is 22.6. The van der Waals surface area contributed by atoms with Crippen LogP contribution in [0.1, 0.15) is 44.0 Å². The van der Waals surface area contributed by atoms with Crippen molar-refractivity contribution >= 4 is 29.1 Å². The first kappa shape index (κ1) is 26.0. The van der Waals surface area contributed by atoms with Crippen LogP contribution in [-0.4, -0.2) is 52.4 Å². The molecule has 2 aromatic carbocycles. The zero-order valence-corrected chi connectivity index (χ0v) is 20.9. The second-order valence-corrected chi connectivity index (χ2v) is 10.3. The summed E-state index contributed by atoms with van der Waals surface area (Å²) in [7, 11) is 1.44. The summed E-state index contributed by atoms with van der Waals surface area (Å²) in [4.78, 5) is 29.6. The maximum atomic E-state index is 14.6. The Bertz CT molecular complexity index is 1250. The van der Waals surface area contributed by atoms with Gasteiger partial charge in [-0.1, -0.05) is 49.7 Å². The molecule has 2 N–H and O–H groups in total. The molecular formula is C26H27ClF2N4O3. The number of aliphatic hydroxyl groups excluding tert-OH is 1. The molecule has 7 nitrogen and oxygen atoms in total. The third kappa shape index (κ3) is 4.23. The first-order valence-electron chi connectivity index (χ1n) is 11.7. The fraction of sp³-hybridized carbons (Fsp3) is 0.423. The number of likely N-dealkylation sites (tertiary alicyclic amines) is 1. The Morgan fingerprint density at radius 1 is 1.31 bits per heavy atom. The lowest BCUT2D eigenvalue weighted by Crippen LogP contribution is -2.51. The van der Waals surface area contributed by atoms with Crippen LogP contribution in [0.4, 0.5) is 14.5 Å². The third-order valence-corrected chi connectivity index (χ3v) is 7.41. The molecule has 0 aromatic heterocycles. The summed E-state index contributed by atoms with van der Waals surface area (Å²) < 4.78 is 28.6. The Balaban J connectivity index is 1.67. The number of fused-ring (bicyclic) bond motifs is 2. The number of hydrogen-bond donors (Lipinski definition) is 2. The molecule has 2 aromatic rings. The number of aliphatic hydroxyl groups is 1. The molecule has 1 fully saturated rings. The zero-order chi connectivity index (χ0) is 26.4. The van der Waals surface area contributed by atoms with Crippen LogP contribution in [0.25, 0.3) is 0 Å².